The van der Waals surface area contributed by atoms with Crippen molar-refractivity contribution in [2.45, 2.75) is 18.2 Å². The molecule has 1 aromatic rings. The zero-order chi connectivity index (χ0) is 15.2. The fourth-order valence-electron chi connectivity index (χ4n) is 1.46. The number of benzene rings is 1. The van der Waals surface area contributed by atoms with Gasteiger partial charge in [-0.25, -0.2) is 13.1 Å². The van der Waals surface area contributed by atoms with E-state index in [1.165, 1.54) is 18.2 Å². The van der Waals surface area contributed by atoms with E-state index in [1.807, 2.05) is 6.07 Å². The molecule has 0 radical (unpaired) electrons. The number of esters is 1. The summed E-state index contributed by atoms with van der Waals surface area (Å²) in [5, 5.41) is 8.69. The molecule has 0 heterocycles. The number of hydrogen-bond acceptors (Lipinski definition) is 6. The Bertz CT molecular complexity index is 635. The number of hydrogen-bond donors (Lipinski definition) is 2. The molecule has 0 aliphatic rings. The number of nitrogens with two attached hydrogens (primary N) is 1. The third kappa shape index (κ3) is 4.22. The lowest BCUT2D eigenvalue weighted by atomic mass is 10.2. The van der Waals surface area contributed by atoms with Gasteiger partial charge in [-0.1, -0.05) is 0 Å². The maximum absolute atomic E-state index is 12.0. The van der Waals surface area contributed by atoms with Crippen LogP contribution in [0.2, 0.25) is 0 Å². The Morgan fingerprint density at radius 2 is 2.20 bits per heavy atom. The monoisotopic (exact) mass is 297 g/mol. The van der Waals surface area contributed by atoms with Crippen molar-refractivity contribution in [3.05, 3.63) is 23.8 Å². The third-order valence-corrected chi connectivity index (χ3v) is 3.89. The van der Waals surface area contributed by atoms with Crippen molar-refractivity contribution in [3.8, 4) is 6.07 Å². The zero-order valence-electron chi connectivity index (χ0n) is 10.9. The van der Waals surface area contributed by atoms with E-state index in [0.29, 0.717) is 0 Å². The summed E-state index contributed by atoms with van der Waals surface area (Å²) in [5.74, 6) is -0.483. The molecule has 20 heavy (non-hydrogen) atoms. The maximum Gasteiger partial charge on any atom is 0.307 e. The molecule has 0 fully saturated rings. The minimum Gasteiger partial charge on any atom is -0.466 e. The Hall–Kier alpha value is -2.11. The van der Waals surface area contributed by atoms with Crippen molar-refractivity contribution in [2.24, 2.45) is 0 Å². The van der Waals surface area contributed by atoms with Crippen LogP contribution in [0, 0.1) is 11.3 Å². The van der Waals surface area contributed by atoms with Gasteiger partial charge in [-0.05, 0) is 25.1 Å². The fraction of sp³-hybridized carbons (Fsp3) is 0.333. The molecule has 0 saturated carbocycles. The van der Waals surface area contributed by atoms with Gasteiger partial charge in [0.25, 0.3) is 0 Å². The largest absolute Gasteiger partial charge is 0.466 e. The summed E-state index contributed by atoms with van der Waals surface area (Å²) in [6, 6.07) is 5.75. The van der Waals surface area contributed by atoms with Crippen molar-refractivity contribution in [1.82, 2.24) is 4.72 Å². The quantitative estimate of drug-likeness (QED) is 0.578. The highest BCUT2D eigenvalue weighted by Crippen LogP contribution is 2.19. The first-order chi connectivity index (χ1) is 9.40. The average Bonchev–Trinajstić information content (AvgIpc) is 2.38. The lowest BCUT2D eigenvalue weighted by molar-refractivity contribution is -0.142. The summed E-state index contributed by atoms with van der Waals surface area (Å²) in [7, 11) is -3.82. The third-order valence-electron chi connectivity index (χ3n) is 2.35. The van der Waals surface area contributed by atoms with Gasteiger partial charge in [0, 0.05) is 6.54 Å². The molecule has 1 rings (SSSR count). The minimum atomic E-state index is -3.82. The van der Waals surface area contributed by atoms with Crippen LogP contribution in [0.3, 0.4) is 0 Å². The van der Waals surface area contributed by atoms with Gasteiger partial charge in [0.15, 0.2) is 0 Å². The van der Waals surface area contributed by atoms with Gasteiger partial charge in [0.05, 0.1) is 30.3 Å². The number of rotatable bonds is 6. The van der Waals surface area contributed by atoms with Crippen LogP contribution >= 0.6 is 0 Å². The van der Waals surface area contributed by atoms with Crippen LogP contribution < -0.4 is 10.5 Å². The predicted octanol–water partition coefficient (Wildman–Crippen LogP) is 0.372. The Morgan fingerprint density at radius 3 is 2.75 bits per heavy atom. The van der Waals surface area contributed by atoms with Crippen LogP contribution in [0.4, 0.5) is 5.69 Å². The summed E-state index contributed by atoms with van der Waals surface area (Å²) in [4.78, 5) is 11.0. The highest BCUT2D eigenvalue weighted by Gasteiger charge is 2.17. The van der Waals surface area contributed by atoms with E-state index in [1.54, 1.807) is 6.92 Å². The molecule has 0 bridgehead atoms. The number of nitrogen functional groups attached to an aromatic ring is 1. The van der Waals surface area contributed by atoms with Gasteiger partial charge >= 0.3 is 5.97 Å². The fourth-order valence-corrected chi connectivity index (χ4v) is 2.60. The first-order valence-corrected chi connectivity index (χ1v) is 7.34. The van der Waals surface area contributed by atoms with E-state index < -0.39 is 16.0 Å². The molecular formula is C12H15N3O4S. The first kappa shape index (κ1) is 15.9. The van der Waals surface area contributed by atoms with Crippen LogP contribution in [0.15, 0.2) is 23.1 Å². The summed E-state index contributed by atoms with van der Waals surface area (Å²) in [5.41, 5.74) is 5.85. The summed E-state index contributed by atoms with van der Waals surface area (Å²) >= 11 is 0. The number of ether oxygens (including phenoxy) is 1. The van der Waals surface area contributed by atoms with Gasteiger partial charge in [0.2, 0.25) is 10.0 Å². The van der Waals surface area contributed by atoms with E-state index in [2.05, 4.69) is 9.46 Å². The maximum atomic E-state index is 12.0. The molecule has 0 atom stereocenters. The van der Waals surface area contributed by atoms with Gasteiger partial charge in [0.1, 0.15) is 4.90 Å². The van der Waals surface area contributed by atoms with Crippen molar-refractivity contribution in [3.63, 3.8) is 0 Å². The number of nitrogens with one attached hydrogen (secondary N) is 1. The Labute approximate surface area is 117 Å². The van der Waals surface area contributed by atoms with E-state index in [0.717, 1.165) is 0 Å². The molecule has 0 aliphatic carbocycles. The highest BCUT2D eigenvalue weighted by molar-refractivity contribution is 7.89. The number of nitrogens with zero attached hydrogens (tertiary/aromatic N) is 1. The molecule has 1 aromatic carbocycles. The molecule has 0 aromatic heterocycles. The summed E-state index contributed by atoms with van der Waals surface area (Å²) < 4.78 is 30.9. The van der Waals surface area contributed by atoms with Gasteiger partial charge in [-0.2, -0.15) is 5.26 Å². The van der Waals surface area contributed by atoms with E-state index in [4.69, 9.17) is 11.0 Å². The van der Waals surface area contributed by atoms with Crippen molar-refractivity contribution < 1.29 is 17.9 Å². The molecule has 7 nitrogen and oxygen atoms in total. The SMILES string of the molecule is CCOC(=O)CCNS(=O)(=O)c1ccc(C#N)cc1N. The second-order valence-corrected chi connectivity index (χ2v) is 5.55. The van der Waals surface area contributed by atoms with Crippen LogP contribution in [-0.4, -0.2) is 27.5 Å². The van der Waals surface area contributed by atoms with Gasteiger partial charge in [-0.3, -0.25) is 4.79 Å². The normalized spacial score (nSPS) is 10.8. The number of carbonyl (C=O) groups excluding carboxylic acids is 1. The Balaban J connectivity index is 2.75. The first-order valence-electron chi connectivity index (χ1n) is 5.85. The average molecular weight is 297 g/mol. The second kappa shape index (κ2) is 6.88. The van der Waals surface area contributed by atoms with Gasteiger partial charge < -0.3 is 10.5 Å². The topological polar surface area (TPSA) is 122 Å². The van der Waals surface area contributed by atoms with E-state index in [-0.39, 0.29) is 35.7 Å². The second-order valence-electron chi connectivity index (χ2n) is 3.82. The molecule has 0 unspecified atom stereocenters. The van der Waals surface area contributed by atoms with Crippen molar-refractivity contribution in [2.75, 3.05) is 18.9 Å². The zero-order valence-corrected chi connectivity index (χ0v) is 11.7. The van der Waals surface area contributed by atoms with Crippen molar-refractivity contribution >= 4 is 21.7 Å². The van der Waals surface area contributed by atoms with E-state index in [9.17, 15) is 13.2 Å². The molecule has 0 aliphatic heterocycles. The molecule has 0 spiro atoms. The van der Waals surface area contributed by atoms with Crippen LogP contribution in [0.5, 0.6) is 0 Å². The lowest BCUT2D eigenvalue weighted by Crippen LogP contribution is -2.27. The molecule has 0 saturated heterocycles. The predicted molar refractivity (Wildman–Crippen MR) is 72.0 cm³/mol. The number of anilines is 1. The molecular weight excluding hydrogens is 282 g/mol. The van der Waals surface area contributed by atoms with Crippen LogP contribution in [0.25, 0.3) is 0 Å². The summed E-state index contributed by atoms with van der Waals surface area (Å²) in [6.07, 6.45) is -0.0662. The molecule has 108 valence electrons. The molecule has 3 N–H and O–H groups in total. The Morgan fingerprint density at radius 1 is 1.50 bits per heavy atom. The molecule has 0 amide bonds. The number of sulfonamides is 1. The number of carbonyl (C=O) groups is 1. The van der Waals surface area contributed by atoms with Crippen molar-refractivity contribution in [1.29, 1.82) is 5.26 Å². The highest BCUT2D eigenvalue weighted by atomic mass is 32.2. The minimum absolute atomic E-state index is 0.0207. The van der Waals surface area contributed by atoms with Gasteiger partial charge in [-0.15, -0.1) is 0 Å². The van der Waals surface area contributed by atoms with Crippen LogP contribution in [-0.2, 0) is 19.6 Å². The lowest BCUT2D eigenvalue weighted by Gasteiger charge is -2.09. The number of nitriles is 1. The standard InChI is InChI=1S/C12H15N3O4S/c1-2-19-12(16)5-6-15-20(17,18)11-4-3-9(8-13)7-10(11)14/h3-4,7,15H,2,5-6,14H2,1H3. The smallest absolute Gasteiger partial charge is 0.307 e. The van der Waals surface area contributed by atoms with E-state index >= 15 is 0 Å². The Kier molecular flexibility index (Phi) is 5.49. The molecule has 8 heteroatoms. The van der Waals surface area contributed by atoms with Crippen LogP contribution in [0.1, 0.15) is 18.9 Å². The summed E-state index contributed by atoms with van der Waals surface area (Å²) in [6.45, 7) is 1.83.